The number of carbonyl (C=O) groups is 2. The maximum Gasteiger partial charge on any atom is 0.306 e. The Morgan fingerprint density at radius 2 is 2.55 bits per heavy atom. The fourth-order valence-electron chi connectivity index (χ4n) is 1.12. The third-order valence-electron chi connectivity index (χ3n) is 1.80. The molecule has 1 rings (SSSR count). The Hall–Kier alpha value is -1.06. The van der Waals surface area contributed by atoms with Crippen LogP contribution in [0.25, 0.3) is 0 Å². The Kier molecular flexibility index (Phi) is 2.46. The van der Waals surface area contributed by atoms with Crippen molar-refractivity contribution in [1.29, 1.82) is 0 Å². The molecular weight excluding hydrogens is 146 g/mol. The van der Waals surface area contributed by atoms with E-state index in [9.17, 15) is 9.59 Å². The van der Waals surface area contributed by atoms with Crippen molar-refractivity contribution in [2.45, 2.75) is 12.8 Å². The first-order chi connectivity index (χ1) is 5.24. The van der Waals surface area contributed by atoms with Gasteiger partial charge in [-0.1, -0.05) is 0 Å². The van der Waals surface area contributed by atoms with Crippen molar-refractivity contribution in [2.24, 2.45) is 5.92 Å². The smallest absolute Gasteiger partial charge is 0.306 e. The van der Waals surface area contributed by atoms with E-state index in [1.54, 1.807) is 0 Å². The number of amides is 1. The van der Waals surface area contributed by atoms with Gasteiger partial charge < -0.3 is 10.1 Å². The fourth-order valence-corrected chi connectivity index (χ4v) is 1.12. The Balaban J connectivity index is 2.36. The van der Waals surface area contributed by atoms with Gasteiger partial charge in [-0.2, -0.15) is 0 Å². The van der Waals surface area contributed by atoms with Crippen molar-refractivity contribution in [2.75, 3.05) is 13.7 Å². The van der Waals surface area contributed by atoms with Crippen molar-refractivity contribution in [3.05, 3.63) is 0 Å². The van der Waals surface area contributed by atoms with E-state index in [-0.39, 0.29) is 24.2 Å². The van der Waals surface area contributed by atoms with E-state index in [4.69, 9.17) is 0 Å². The molecule has 1 atom stereocenters. The molecule has 0 spiro atoms. The second-order valence-corrected chi connectivity index (χ2v) is 2.56. The van der Waals surface area contributed by atoms with E-state index in [1.165, 1.54) is 7.11 Å². The van der Waals surface area contributed by atoms with E-state index >= 15 is 0 Å². The van der Waals surface area contributed by atoms with Gasteiger partial charge in [-0.15, -0.1) is 0 Å². The number of carbonyl (C=O) groups excluding carboxylic acids is 2. The van der Waals surface area contributed by atoms with Gasteiger partial charge in [-0.05, 0) is 6.42 Å². The van der Waals surface area contributed by atoms with Crippen LogP contribution in [0.1, 0.15) is 12.8 Å². The van der Waals surface area contributed by atoms with E-state index in [0.29, 0.717) is 6.54 Å². The molecule has 4 heteroatoms. The second kappa shape index (κ2) is 3.37. The average Bonchev–Trinajstić information content (AvgIpc) is 2.37. The van der Waals surface area contributed by atoms with Crippen LogP contribution in [0.4, 0.5) is 0 Å². The van der Waals surface area contributed by atoms with Gasteiger partial charge in [0.2, 0.25) is 5.91 Å². The van der Waals surface area contributed by atoms with Crippen LogP contribution in [0.2, 0.25) is 0 Å². The van der Waals surface area contributed by atoms with E-state index < -0.39 is 0 Å². The van der Waals surface area contributed by atoms with Crippen LogP contribution in [0, 0.1) is 5.92 Å². The quantitative estimate of drug-likeness (QED) is 0.559. The number of hydrogen-bond donors (Lipinski definition) is 1. The highest BCUT2D eigenvalue weighted by Gasteiger charge is 2.26. The summed E-state index contributed by atoms with van der Waals surface area (Å²) in [5.74, 6) is -0.509. The summed E-state index contributed by atoms with van der Waals surface area (Å²) in [4.78, 5) is 21.6. The lowest BCUT2D eigenvalue weighted by Crippen LogP contribution is -2.21. The fraction of sp³-hybridized carbons (Fsp3) is 0.714. The topological polar surface area (TPSA) is 55.4 Å². The number of esters is 1. The molecule has 11 heavy (non-hydrogen) atoms. The van der Waals surface area contributed by atoms with Gasteiger partial charge in [0, 0.05) is 6.54 Å². The number of hydrogen-bond acceptors (Lipinski definition) is 3. The molecule has 1 aliphatic rings. The van der Waals surface area contributed by atoms with E-state index in [1.807, 2.05) is 0 Å². The summed E-state index contributed by atoms with van der Waals surface area (Å²) < 4.78 is 4.44. The molecule has 62 valence electrons. The van der Waals surface area contributed by atoms with Gasteiger partial charge >= 0.3 is 5.97 Å². The molecule has 1 N–H and O–H groups in total. The molecule has 1 heterocycles. The molecule has 4 nitrogen and oxygen atoms in total. The summed E-state index contributed by atoms with van der Waals surface area (Å²) in [6, 6.07) is 0. The van der Waals surface area contributed by atoms with Gasteiger partial charge in [-0.3, -0.25) is 9.59 Å². The molecule has 1 aliphatic heterocycles. The lowest BCUT2D eigenvalue weighted by Gasteiger charge is -2.02. The lowest BCUT2D eigenvalue weighted by atomic mass is 10.0. The van der Waals surface area contributed by atoms with Crippen LogP contribution in [-0.4, -0.2) is 25.5 Å². The van der Waals surface area contributed by atoms with Crippen LogP contribution in [0.3, 0.4) is 0 Å². The molecule has 0 aliphatic carbocycles. The highest BCUT2D eigenvalue weighted by molar-refractivity contribution is 5.85. The van der Waals surface area contributed by atoms with Crippen molar-refractivity contribution in [1.82, 2.24) is 5.32 Å². The number of rotatable bonds is 2. The molecule has 0 bridgehead atoms. The number of methoxy groups -OCH3 is 1. The molecule has 0 aromatic rings. The Morgan fingerprint density at radius 1 is 1.82 bits per heavy atom. The minimum atomic E-state index is -0.313. The first-order valence-corrected chi connectivity index (χ1v) is 3.58. The molecule has 1 amide bonds. The molecule has 0 aromatic carbocycles. The summed E-state index contributed by atoms with van der Waals surface area (Å²) in [7, 11) is 1.33. The predicted octanol–water partition coefficient (Wildman–Crippen LogP) is -0.314. The largest absolute Gasteiger partial charge is 0.469 e. The van der Waals surface area contributed by atoms with Gasteiger partial charge in [0.1, 0.15) is 0 Å². The van der Waals surface area contributed by atoms with Crippen molar-refractivity contribution in [3.63, 3.8) is 0 Å². The number of ether oxygens (including phenoxy) is 1. The normalized spacial score (nSPS) is 23.0. The zero-order chi connectivity index (χ0) is 8.27. The minimum absolute atomic E-state index is 0.0320. The highest BCUT2D eigenvalue weighted by Crippen LogP contribution is 2.13. The average molecular weight is 157 g/mol. The second-order valence-electron chi connectivity index (χ2n) is 2.56. The van der Waals surface area contributed by atoms with Crippen LogP contribution in [-0.2, 0) is 14.3 Å². The summed E-state index contributed by atoms with van der Waals surface area (Å²) in [5.41, 5.74) is 0. The van der Waals surface area contributed by atoms with Crippen LogP contribution >= 0.6 is 0 Å². The van der Waals surface area contributed by atoms with Crippen molar-refractivity contribution < 1.29 is 14.3 Å². The monoisotopic (exact) mass is 157 g/mol. The van der Waals surface area contributed by atoms with Gasteiger partial charge in [0.15, 0.2) is 0 Å². The van der Waals surface area contributed by atoms with Crippen LogP contribution in [0.15, 0.2) is 0 Å². The standard InChI is InChI=1S/C7H11NO3/c1-11-6(9)4-5-2-3-8-7(5)10/h5H,2-4H2,1H3,(H,8,10). The molecular formula is C7H11NO3. The van der Waals surface area contributed by atoms with Crippen molar-refractivity contribution >= 4 is 11.9 Å². The zero-order valence-electron chi connectivity index (χ0n) is 6.42. The summed E-state index contributed by atoms with van der Waals surface area (Å²) >= 11 is 0. The maximum atomic E-state index is 10.9. The first kappa shape index (κ1) is 8.04. The summed E-state index contributed by atoms with van der Waals surface area (Å²) in [6.07, 6.45) is 0.955. The summed E-state index contributed by atoms with van der Waals surface area (Å²) in [6.45, 7) is 0.681. The molecule has 0 saturated carbocycles. The van der Waals surface area contributed by atoms with Crippen molar-refractivity contribution in [3.8, 4) is 0 Å². The lowest BCUT2D eigenvalue weighted by molar-refractivity contribution is -0.143. The van der Waals surface area contributed by atoms with Gasteiger partial charge in [-0.25, -0.2) is 0 Å². The third kappa shape index (κ3) is 1.93. The van der Waals surface area contributed by atoms with Crippen LogP contribution in [0.5, 0.6) is 0 Å². The maximum absolute atomic E-state index is 10.9. The SMILES string of the molecule is COC(=O)CC1CCNC1=O. The summed E-state index contributed by atoms with van der Waals surface area (Å²) in [5, 5.41) is 2.65. The Labute approximate surface area is 64.9 Å². The molecule has 0 radical (unpaired) electrons. The molecule has 0 aromatic heterocycles. The predicted molar refractivity (Wildman–Crippen MR) is 37.7 cm³/mol. The van der Waals surface area contributed by atoms with E-state index in [0.717, 1.165) is 6.42 Å². The highest BCUT2D eigenvalue weighted by atomic mass is 16.5. The van der Waals surface area contributed by atoms with Gasteiger partial charge in [0.25, 0.3) is 0 Å². The van der Waals surface area contributed by atoms with E-state index in [2.05, 4.69) is 10.1 Å². The minimum Gasteiger partial charge on any atom is -0.469 e. The zero-order valence-corrected chi connectivity index (χ0v) is 6.42. The third-order valence-corrected chi connectivity index (χ3v) is 1.80. The Morgan fingerprint density at radius 3 is 3.00 bits per heavy atom. The molecule has 1 fully saturated rings. The van der Waals surface area contributed by atoms with Gasteiger partial charge in [0.05, 0.1) is 19.4 Å². The molecule has 1 saturated heterocycles. The van der Waals surface area contributed by atoms with Crippen LogP contribution < -0.4 is 5.32 Å². The first-order valence-electron chi connectivity index (χ1n) is 3.58. The number of nitrogens with one attached hydrogen (secondary N) is 1. The molecule has 1 unspecified atom stereocenters. The Bertz CT molecular complexity index is 179.